The first kappa shape index (κ1) is 10.4. The Balaban J connectivity index is 2.24. The molecule has 1 amide bonds. The molecule has 1 N–H and O–H groups in total. The predicted octanol–water partition coefficient (Wildman–Crippen LogP) is 1.78. The van der Waals surface area contributed by atoms with Gasteiger partial charge in [0.05, 0.1) is 4.83 Å². The lowest BCUT2D eigenvalue weighted by atomic mass is 10.1. The second-order valence-corrected chi connectivity index (χ2v) is 5.61. The van der Waals surface area contributed by atoms with E-state index in [-0.39, 0.29) is 10.7 Å². The highest BCUT2D eigenvalue weighted by atomic mass is 79.9. The summed E-state index contributed by atoms with van der Waals surface area (Å²) in [5, 5.41) is 3.02. The van der Waals surface area contributed by atoms with Crippen molar-refractivity contribution in [1.29, 1.82) is 0 Å². The van der Waals surface area contributed by atoms with Crippen LogP contribution in [0.1, 0.15) is 19.8 Å². The first-order valence-corrected chi connectivity index (χ1v) is 6.29. The van der Waals surface area contributed by atoms with Gasteiger partial charge >= 0.3 is 0 Å². The molecule has 0 aromatic rings. The third-order valence-electron chi connectivity index (χ3n) is 1.93. The largest absolute Gasteiger partial charge is 0.352 e. The van der Waals surface area contributed by atoms with Crippen LogP contribution < -0.4 is 5.32 Å². The fraction of sp³-hybridized carbons (Fsp3) is 0.875. The van der Waals surface area contributed by atoms with Gasteiger partial charge in [0.2, 0.25) is 5.91 Å². The number of rotatable bonds is 2. The standard InChI is InChI=1S/C8H14BrNOS/c1-6(9)8(11)10-7-2-4-12-5-3-7/h6-7H,2-5H2,1H3,(H,10,11). The minimum Gasteiger partial charge on any atom is -0.352 e. The second kappa shape index (κ2) is 5.12. The molecule has 1 atom stereocenters. The van der Waals surface area contributed by atoms with Crippen molar-refractivity contribution in [3.63, 3.8) is 0 Å². The maximum atomic E-state index is 11.2. The Morgan fingerprint density at radius 3 is 2.67 bits per heavy atom. The number of nitrogens with one attached hydrogen (secondary N) is 1. The van der Waals surface area contributed by atoms with Crippen molar-refractivity contribution in [3.05, 3.63) is 0 Å². The summed E-state index contributed by atoms with van der Waals surface area (Å²) in [6.45, 7) is 1.85. The van der Waals surface area contributed by atoms with E-state index in [1.807, 2.05) is 18.7 Å². The number of thioether (sulfide) groups is 1. The Kier molecular flexibility index (Phi) is 4.43. The lowest BCUT2D eigenvalue weighted by Gasteiger charge is -2.23. The van der Waals surface area contributed by atoms with Gasteiger partial charge in [0.25, 0.3) is 0 Å². The number of amides is 1. The van der Waals surface area contributed by atoms with Crippen LogP contribution in [0, 0.1) is 0 Å². The molecule has 0 bridgehead atoms. The highest BCUT2D eigenvalue weighted by Gasteiger charge is 2.17. The smallest absolute Gasteiger partial charge is 0.233 e. The third-order valence-corrected chi connectivity index (χ3v) is 3.39. The fourth-order valence-corrected chi connectivity index (χ4v) is 2.40. The van der Waals surface area contributed by atoms with E-state index in [1.165, 1.54) is 11.5 Å². The van der Waals surface area contributed by atoms with Crippen molar-refractivity contribution >= 4 is 33.6 Å². The molecule has 0 saturated carbocycles. The average Bonchev–Trinajstić information content (AvgIpc) is 2.06. The van der Waals surface area contributed by atoms with Gasteiger partial charge in [-0.25, -0.2) is 0 Å². The molecule has 1 fully saturated rings. The Hall–Kier alpha value is 0.300. The maximum absolute atomic E-state index is 11.2. The van der Waals surface area contributed by atoms with Crippen LogP contribution in [-0.4, -0.2) is 28.3 Å². The Bertz CT molecular complexity index is 157. The van der Waals surface area contributed by atoms with Gasteiger partial charge in [0.1, 0.15) is 0 Å². The third kappa shape index (κ3) is 3.35. The number of alkyl halides is 1. The van der Waals surface area contributed by atoms with E-state index < -0.39 is 0 Å². The van der Waals surface area contributed by atoms with Crippen molar-refractivity contribution in [1.82, 2.24) is 5.32 Å². The van der Waals surface area contributed by atoms with Crippen LogP contribution in [0.5, 0.6) is 0 Å². The molecule has 1 aliphatic heterocycles. The zero-order valence-corrected chi connectivity index (χ0v) is 9.58. The summed E-state index contributed by atoms with van der Waals surface area (Å²) in [5.74, 6) is 2.48. The van der Waals surface area contributed by atoms with E-state index >= 15 is 0 Å². The van der Waals surface area contributed by atoms with Crippen LogP contribution in [0.2, 0.25) is 0 Å². The quantitative estimate of drug-likeness (QED) is 0.759. The van der Waals surface area contributed by atoms with E-state index in [2.05, 4.69) is 21.2 Å². The fourth-order valence-electron chi connectivity index (χ4n) is 1.16. The van der Waals surface area contributed by atoms with Crippen molar-refractivity contribution in [2.75, 3.05) is 11.5 Å². The van der Waals surface area contributed by atoms with Gasteiger partial charge in [-0.1, -0.05) is 15.9 Å². The molecule has 1 saturated heterocycles. The summed E-state index contributed by atoms with van der Waals surface area (Å²) in [4.78, 5) is 11.2. The minimum absolute atomic E-state index is 0.0629. The molecule has 2 nitrogen and oxygen atoms in total. The number of halogens is 1. The molecule has 1 heterocycles. The maximum Gasteiger partial charge on any atom is 0.233 e. The molecule has 0 spiro atoms. The summed E-state index contributed by atoms with van der Waals surface area (Å²) < 4.78 is 0. The van der Waals surface area contributed by atoms with Crippen LogP contribution in [0.25, 0.3) is 0 Å². The second-order valence-electron chi connectivity index (χ2n) is 3.01. The SMILES string of the molecule is CC(Br)C(=O)NC1CCSCC1. The van der Waals surface area contributed by atoms with Crippen LogP contribution in [-0.2, 0) is 4.79 Å². The summed E-state index contributed by atoms with van der Waals surface area (Å²) >= 11 is 5.22. The van der Waals surface area contributed by atoms with Gasteiger partial charge in [0.15, 0.2) is 0 Å². The van der Waals surface area contributed by atoms with Gasteiger partial charge in [-0.15, -0.1) is 0 Å². The van der Waals surface area contributed by atoms with Gasteiger partial charge in [-0.3, -0.25) is 4.79 Å². The van der Waals surface area contributed by atoms with Crippen LogP contribution in [0.3, 0.4) is 0 Å². The zero-order valence-electron chi connectivity index (χ0n) is 7.18. The molecule has 70 valence electrons. The van der Waals surface area contributed by atoms with E-state index in [9.17, 15) is 4.79 Å². The molecule has 0 aromatic heterocycles. The Morgan fingerprint density at radius 1 is 1.58 bits per heavy atom. The van der Waals surface area contributed by atoms with Crippen molar-refractivity contribution in [2.24, 2.45) is 0 Å². The van der Waals surface area contributed by atoms with E-state index in [1.54, 1.807) is 0 Å². The monoisotopic (exact) mass is 251 g/mol. The molecule has 1 unspecified atom stereocenters. The van der Waals surface area contributed by atoms with Gasteiger partial charge in [-0.05, 0) is 31.3 Å². The normalized spacial score (nSPS) is 21.8. The molecule has 1 rings (SSSR count). The summed E-state index contributed by atoms with van der Waals surface area (Å²) in [6, 6.07) is 0.416. The molecule has 12 heavy (non-hydrogen) atoms. The van der Waals surface area contributed by atoms with E-state index in [0.29, 0.717) is 6.04 Å². The first-order valence-electron chi connectivity index (χ1n) is 4.22. The molecule has 0 aliphatic carbocycles. The first-order chi connectivity index (χ1) is 5.70. The van der Waals surface area contributed by atoms with Crippen LogP contribution in [0.4, 0.5) is 0 Å². The molecule has 4 heteroatoms. The average molecular weight is 252 g/mol. The van der Waals surface area contributed by atoms with Gasteiger partial charge < -0.3 is 5.32 Å². The van der Waals surface area contributed by atoms with E-state index in [4.69, 9.17) is 0 Å². The van der Waals surface area contributed by atoms with Crippen molar-refractivity contribution < 1.29 is 4.79 Å². The van der Waals surface area contributed by atoms with Crippen LogP contribution in [0.15, 0.2) is 0 Å². The number of hydrogen-bond donors (Lipinski definition) is 1. The van der Waals surface area contributed by atoms with E-state index in [0.717, 1.165) is 12.8 Å². The summed E-state index contributed by atoms with van der Waals surface area (Å²) in [5.41, 5.74) is 0. The molecular weight excluding hydrogens is 238 g/mol. The lowest BCUT2D eigenvalue weighted by Crippen LogP contribution is -2.40. The number of hydrogen-bond acceptors (Lipinski definition) is 2. The highest BCUT2D eigenvalue weighted by molar-refractivity contribution is 9.10. The lowest BCUT2D eigenvalue weighted by molar-refractivity contribution is -0.120. The minimum atomic E-state index is -0.0629. The zero-order chi connectivity index (χ0) is 8.97. The van der Waals surface area contributed by atoms with Gasteiger partial charge in [-0.2, -0.15) is 11.8 Å². The van der Waals surface area contributed by atoms with Crippen molar-refractivity contribution in [3.8, 4) is 0 Å². The Morgan fingerprint density at radius 2 is 2.17 bits per heavy atom. The number of carbonyl (C=O) groups is 1. The Labute approximate surface area is 86.0 Å². The number of carbonyl (C=O) groups excluding carboxylic acids is 1. The molecular formula is C8H14BrNOS. The highest BCUT2D eigenvalue weighted by Crippen LogP contribution is 2.17. The summed E-state index contributed by atoms with van der Waals surface area (Å²) in [6.07, 6.45) is 2.24. The van der Waals surface area contributed by atoms with Gasteiger partial charge in [0, 0.05) is 6.04 Å². The predicted molar refractivity (Wildman–Crippen MR) is 56.9 cm³/mol. The van der Waals surface area contributed by atoms with Crippen LogP contribution >= 0.6 is 27.7 Å². The molecule has 0 aromatic carbocycles. The topological polar surface area (TPSA) is 29.1 Å². The van der Waals surface area contributed by atoms with Crippen molar-refractivity contribution in [2.45, 2.75) is 30.6 Å². The molecule has 1 aliphatic rings. The summed E-state index contributed by atoms with van der Waals surface area (Å²) in [7, 11) is 0. The molecule has 0 radical (unpaired) electrons.